The lowest BCUT2D eigenvalue weighted by molar-refractivity contribution is 0.0479. The van der Waals surface area contributed by atoms with E-state index in [2.05, 4.69) is 5.32 Å². The van der Waals surface area contributed by atoms with Crippen molar-refractivity contribution >= 4 is 5.91 Å². The maximum Gasteiger partial charge on any atom is 0.251 e. The minimum absolute atomic E-state index is 0.256. The van der Waals surface area contributed by atoms with Gasteiger partial charge in [0.25, 0.3) is 5.91 Å². The van der Waals surface area contributed by atoms with Crippen molar-refractivity contribution in [1.82, 2.24) is 5.32 Å². The number of carbonyl (C=O) groups excluding carboxylic acids is 1. The van der Waals surface area contributed by atoms with Crippen LogP contribution in [0, 0.1) is 5.82 Å². The fourth-order valence-electron chi connectivity index (χ4n) is 3.37. The van der Waals surface area contributed by atoms with Crippen molar-refractivity contribution in [2.24, 2.45) is 0 Å². The molecule has 1 amide bonds. The van der Waals surface area contributed by atoms with E-state index in [0.717, 1.165) is 24.2 Å². The molecule has 2 aromatic rings. The molecule has 2 aromatic carbocycles. The molecule has 0 bridgehead atoms. The minimum atomic E-state index is -0.418. The number of halogens is 1. The highest BCUT2D eigenvalue weighted by Gasteiger charge is 2.37. The van der Waals surface area contributed by atoms with Crippen LogP contribution < -0.4 is 10.1 Å². The van der Waals surface area contributed by atoms with Crippen molar-refractivity contribution in [3.63, 3.8) is 0 Å². The van der Waals surface area contributed by atoms with Crippen LogP contribution in [0.5, 0.6) is 5.75 Å². The van der Waals surface area contributed by atoms with Gasteiger partial charge in [0.1, 0.15) is 11.6 Å². The lowest BCUT2D eigenvalue weighted by atomic mass is 9.73. The van der Waals surface area contributed by atoms with Gasteiger partial charge in [-0.05, 0) is 37.1 Å². The van der Waals surface area contributed by atoms with Crippen LogP contribution >= 0.6 is 0 Å². The van der Waals surface area contributed by atoms with Crippen molar-refractivity contribution in [3.05, 3.63) is 65.5 Å². The van der Waals surface area contributed by atoms with Gasteiger partial charge in [-0.3, -0.25) is 4.79 Å². The van der Waals surface area contributed by atoms with Gasteiger partial charge in [0.2, 0.25) is 0 Å². The summed E-state index contributed by atoms with van der Waals surface area (Å²) in [6, 6.07) is 13.6. The summed E-state index contributed by atoms with van der Waals surface area (Å²) in [5.74, 6) is 0.114. The zero-order valence-electron chi connectivity index (χ0n) is 14.3. The molecule has 0 unspecified atom stereocenters. The molecule has 25 heavy (non-hydrogen) atoms. The Labute approximate surface area is 147 Å². The van der Waals surface area contributed by atoms with Crippen LogP contribution in [0.2, 0.25) is 0 Å². The summed E-state index contributed by atoms with van der Waals surface area (Å²) in [7, 11) is 1.65. The van der Waals surface area contributed by atoms with E-state index in [9.17, 15) is 9.18 Å². The van der Waals surface area contributed by atoms with E-state index < -0.39 is 5.82 Å². The number of benzene rings is 2. The highest BCUT2D eigenvalue weighted by molar-refractivity contribution is 5.94. The van der Waals surface area contributed by atoms with Gasteiger partial charge in [0.15, 0.2) is 0 Å². The number of hydrogen-bond donors (Lipinski definition) is 1. The monoisotopic (exact) mass is 343 g/mol. The third-order valence-corrected chi connectivity index (χ3v) is 4.80. The van der Waals surface area contributed by atoms with E-state index in [1.54, 1.807) is 13.2 Å². The van der Waals surface area contributed by atoms with Gasteiger partial charge in [-0.2, -0.15) is 0 Å². The molecule has 4 nitrogen and oxygen atoms in total. The van der Waals surface area contributed by atoms with E-state index in [0.29, 0.717) is 25.3 Å². The molecule has 5 heteroatoms. The highest BCUT2D eigenvalue weighted by Crippen LogP contribution is 2.39. The van der Waals surface area contributed by atoms with Gasteiger partial charge < -0.3 is 14.8 Å². The van der Waals surface area contributed by atoms with Crippen molar-refractivity contribution in [3.8, 4) is 5.75 Å². The average molecular weight is 343 g/mol. The smallest absolute Gasteiger partial charge is 0.251 e. The van der Waals surface area contributed by atoms with Gasteiger partial charge in [-0.15, -0.1) is 0 Å². The summed E-state index contributed by atoms with van der Waals surface area (Å²) < 4.78 is 24.4. The molecule has 1 aliphatic rings. The standard InChI is InChI=1S/C20H22FNO3/c1-24-18-8-3-2-7-17(18)20(9-11-25-12-10-20)14-22-19(23)15-5-4-6-16(21)13-15/h2-8,13H,9-12,14H2,1H3,(H,22,23). The Bertz CT molecular complexity index is 741. The van der Waals surface area contributed by atoms with Crippen molar-refractivity contribution in [1.29, 1.82) is 0 Å². The maximum atomic E-state index is 13.3. The number of ether oxygens (including phenoxy) is 2. The highest BCUT2D eigenvalue weighted by atomic mass is 19.1. The predicted octanol–water partition coefficient (Wildman–Crippen LogP) is 3.31. The number of methoxy groups -OCH3 is 1. The van der Waals surface area contributed by atoms with Gasteiger partial charge in [-0.1, -0.05) is 24.3 Å². The molecule has 132 valence electrons. The first-order valence-corrected chi connectivity index (χ1v) is 8.40. The molecule has 0 aromatic heterocycles. The molecule has 0 radical (unpaired) electrons. The van der Waals surface area contributed by atoms with Crippen LogP contribution in [-0.2, 0) is 10.2 Å². The first-order chi connectivity index (χ1) is 12.1. The van der Waals surface area contributed by atoms with Gasteiger partial charge >= 0.3 is 0 Å². The fraction of sp³-hybridized carbons (Fsp3) is 0.350. The largest absolute Gasteiger partial charge is 0.496 e. The zero-order valence-corrected chi connectivity index (χ0v) is 14.3. The van der Waals surface area contributed by atoms with Crippen molar-refractivity contribution in [2.75, 3.05) is 26.9 Å². The van der Waals surface area contributed by atoms with Crippen LogP contribution in [-0.4, -0.2) is 32.8 Å². The molecule has 0 spiro atoms. The second-order valence-corrected chi connectivity index (χ2v) is 6.29. The van der Waals surface area contributed by atoms with E-state index in [-0.39, 0.29) is 11.3 Å². The van der Waals surface area contributed by atoms with Crippen molar-refractivity contribution < 1.29 is 18.7 Å². The topological polar surface area (TPSA) is 47.6 Å². The molecule has 0 aliphatic carbocycles. The Morgan fingerprint density at radius 3 is 2.68 bits per heavy atom. The Morgan fingerprint density at radius 1 is 1.20 bits per heavy atom. The lowest BCUT2D eigenvalue weighted by Gasteiger charge is -2.38. The minimum Gasteiger partial charge on any atom is -0.496 e. The Hall–Kier alpha value is -2.40. The molecule has 1 fully saturated rings. The maximum absolute atomic E-state index is 13.3. The van der Waals surface area contributed by atoms with E-state index in [1.807, 2.05) is 24.3 Å². The van der Waals surface area contributed by atoms with Crippen molar-refractivity contribution in [2.45, 2.75) is 18.3 Å². The summed E-state index contributed by atoms with van der Waals surface area (Å²) in [6.45, 7) is 1.72. The second kappa shape index (κ2) is 7.66. The number of nitrogens with one attached hydrogen (secondary N) is 1. The van der Waals surface area contributed by atoms with Gasteiger partial charge in [-0.25, -0.2) is 4.39 Å². The Morgan fingerprint density at radius 2 is 1.96 bits per heavy atom. The normalized spacial score (nSPS) is 16.2. The van der Waals surface area contributed by atoms with Crippen LogP contribution in [0.1, 0.15) is 28.8 Å². The Kier molecular flexibility index (Phi) is 5.34. The summed E-state index contributed by atoms with van der Waals surface area (Å²) in [5, 5.41) is 2.97. The summed E-state index contributed by atoms with van der Waals surface area (Å²) in [4.78, 5) is 12.4. The van der Waals surface area contributed by atoms with E-state index in [4.69, 9.17) is 9.47 Å². The number of amides is 1. The summed E-state index contributed by atoms with van der Waals surface area (Å²) >= 11 is 0. The molecular weight excluding hydrogens is 321 g/mol. The van der Waals surface area contributed by atoms with Crippen LogP contribution in [0.4, 0.5) is 4.39 Å². The lowest BCUT2D eigenvalue weighted by Crippen LogP contribution is -2.44. The number of hydrogen-bond acceptors (Lipinski definition) is 3. The third-order valence-electron chi connectivity index (χ3n) is 4.80. The molecule has 0 atom stereocenters. The Balaban J connectivity index is 1.83. The van der Waals surface area contributed by atoms with Crippen LogP contribution in [0.25, 0.3) is 0 Å². The first-order valence-electron chi connectivity index (χ1n) is 8.40. The first kappa shape index (κ1) is 17.4. The van der Waals surface area contributed by atoms with Gasteiger partial charge in [0.05, 0.1) is 7.11 Å². The van der Waals surface area contributed by atoms with Gasteiger partial charge in [0, 0.05) is 36.3 Å². The second-order valence-electron chi connectivity index (χ2n) is 6.29. The molecule has 1 aliphatic heterocycles. The summed E-state index contributed by atoms with van der Waals surface area (Å²) in [6.07, 6.45) is 1.58. The molecule has 1 heterocycles. The van der Waals surface area contributed by atoms with Crippen LogP contribution in [0.15, 0.2) is 48.5 Å². The zero-order chi connectivity index (χ0) is 17.7. The molecule has 3 rings (SSSR count). The molecular formula is C20H22FNO3. The number of carbonyl (C=O) groups is 1. The predicted molar refractivity (Wildman–Crippen MR) is 93.5 cm³/mol. The fourth-order valence-corrected chi connectivity index (χ4v) is 3.37. The molecule has 0 saturated carbocycles. The molecule has 1 N–H and O–H groups in total. The quantitative estimate of drug-likeness (QED) is 0.906. The number of rotatable bonds is 5. The molecule has 1 saturated heterocycles. The SMILES string of the molecule is COc1ccccc1C1(CNC(=O)c2cccc(F)c2)CCOCC1. The van der Waals surface area contributed by atoms with E-state index in [1.165, 1.54) is 18.2 Å². The van der Waals surface area contributed by atoms with E-state index >= 15 is 0 Å². The third kappa shape index (κ3) is 3.82. The average Bonchev–Trinajstić information content (AvgIpc) is 2.67. The number of para-hydroxylation sites is 1. The summed E-state index contributed by atoms with van der Waals surface area (Å²) in [5.41, 5.74) is 1.14. The van der Waals surface area contributed by atoms with Crippen LogP contribution in [0.3, 0.4) is 0 Å².